The molecule has 36 heavy (non-hydrogen) atoms. The molecule has 4 rings (SSSR count). The van der Waals surface area contributed by atoms with Crippen LogP contribution in [0, 0.1) is 29.3 Å². The third kappa shape index (κ3) is 6.66. The van der Waals surface area contributed by atoms with E-state index in [4.69, 9.17) is 4.74 Å². The largest absolute Gasteiger partial charge is 0.494 e. The van der Waals surface area contributed by atoms with Crippen LogP contribution in [-0.2, 0) is 6.42 Å². The number of hydrogen-bond donors (Lipinski definition) is 0. The first-order chi connectivity index (χ1) is 17.5. The fourth-order valence-corrected chi connectivity index (χ4v) is 6.64. The number of unbranched alkanes of at least 4 members (excludes halogenated alkanes) is 2. The monoisotopic (exact) mass is 500 g/mol. The minimum Gasteiger partial charge on any atom is -0.494 e. The molecule has 0 unspecified atom stereocenters. The van der Waals surface area contributed by atoms with Crippen LogP contribution in [0.5, 0.6) is 5.75 Å². The summed E-state index contributed by atoms with van der Waals surface area (Å²) < 4.78 is 49.2. The van der Waals surface area contributed by atoms with Crippen molar-refractivity contribution in [3.63, 3.8) is 0 Å². The fourth-order valence-electron chi connectivity index (χ4n) is 6.64. The third-order valence-corrected chi connectivity index (χ3v) is 9.01. The van der Waals surface area contributed by atoms with E-state index in [0.717, 1.165) is 69.3 Å². The van der Waals surface area contributed by atoms with Crippen LogP contribution in [-0.4, -0.2) is 7.11 Å². The van der Waals surface area contributed by atoms with Gasteiger partial charge in [-0.3, -0.25) is 0 Å². The van der Waals surface area contributed by atoms with Crippen LogP contribution in [0.25, 0.3) is 0 Å². The van der Waals surface area contributed by atoms with Gasteiger partial charge in [0.15, 0.2) is 23.2 Å². The molecule has 0 amide bonds. The molecule has 1 nitrogen and oxygen atoms in total. The topological polar surface area (TPSA) is 9.23 Å². The Hall–Kier alpha value is -1.97. The highest BCUT2D eigenvalue weighted by Crippen LogP contribution is 2.41. The minimum absolute atomic E-state index is 0.161. The predicted octanol–water partition coefficient (Wildman–Crippen LogP) is 9.87. The number of methoxy groups -OCH3 is 1. The van der Waals surface area contributed by atoms with Crippen LogP contribution < -0.4 is 4.74 Å². The quantitative estimate of drug-likeness (QED) is 0.295. The van der Waals surface area contributed by atoms with Gasteiger partial charge in [-0.25, -0.2) is 13.2 Å². The molecule has 198 valence electrons. The summed E-state index contributed by atoms with van der Waals surface area (Å²) in [5.41, 5.74) is 2.14. The normalized spacial score (nSPS) is 24.6. The summed E-state index contributed by atoms with van der Waals surface area (Å²) in [6.45, 7) is 2.23. The summed E-state index contributed by atoms with van der Waals surface area (Å²) in [6, 6.07) is 8.97. The Labute approximate surface area is 215 Å². The van der Waals surface area contributed by atoms with Crippen molar-refractivity contribution in [3.05, 3.63) is 64.5 Å². The number of aryl methyl sites for hydroxylation is 1. The second-order valence-electron chi connectivity index (χ2n) is 11.3. The molecule has 0 aliphatic heterocycles. The minimum atomic E-state index is -0.625. The number of benzene rings is 2. The Bertz CT molecular complexity index is 972. The van der Waals surface area contributed by atoms with E-state index in [1.54, 1.807) is 12.1 Å². The highest BCUT2D eigenvalue weighted by molar-refractivity contribution is 5.32. The van der Waals surface area contributed by atoms with Crippen molar-refractivity contribution in [2.45, 2.75) is 109 Å². The van der Waals surface area contributed by atoms with E-state index < -0.39 is 11.6 Å². The molecule has 2 fully saturated rings. The second-order valence-corrected chi connectivity index (χ2v) is 11.3. The van der Waals surface area contributed by atoms with Gasteiger partial charge in [0.05, 0.1) is 7.11 Å². The van der Waals surface area contributed by atoms with Crippen molar-refractivity contribution in [1.29, 1.82) is 0 Å². The summed E-state index contributed by atoms with van der Waals surface area (Å²) >= 11 is 0. The molecule has 2 aliphatic carbocycles. The molecule has 2 aromatic carbocycles. The van der Waals surface area contributed by atoms with Crippen molar-refractivity contribution in [1.82, 2.24) is 0 Å². The lowest BCUT2D eigenvalue weighted by Gasteiger charge is -2.30. The maximum atomic E-state index is 15.1. The summed E-state index contributed by atoms with van der Waals surface area (Å²) in [5, 5.41) is 0. The second kappa shape index (κ2) is 13.0. The summed E-state index contributed by atoms with van der Waals surface area (Å²) in [5.74, 6) is 0.534. The molecular formula is C32H43F3O. The number of hydrogen-bond acceptors (Lipinski definition) is 1. The van der Waals surface area contributed by atoms with Gasteiger partial charge in [0.25, 0.3) is 0 Å². The van der Waals surface area contributed by atoms with E-state index in [2.05, 4.69) is 6.92 Å². The van der Waals surface area contributed by atoms with Gasteiger partial charge in [-0.05, 0) is 117 Å². The Morgan fingerprint density at radius 1 is 0.750 bits per heavy atom. The average Bonchev–Trinajstić information content (AvgIpc) is 2.90. The van der Waals surface area contributed by atoms with Gasteiger partial charge in [-0.2, -0.15) is 0 Å². The Kier molecular flexibility index (Phi) is 9.79. The van der Waals surface area contributed by atoms with E-state index in [0.29, 0.717) is 29.4 Å². The van der Waals surface area contributed by atoms with Crippen LogP contribution in [0.3, 0.4) is 0 Å². The van der Waals surface area contributed by atoms with Gasteiger partial charge < -0.3 is 4.74 Å². The highest BCUT2D eigenvalue weighted by Gasteiger charge is 2.27. The highest BCUT2D eigenvalue weighted by atomic mass is 19.2. The number of ether oxygens (including phenoxy) is 1. The maximum absolute atomic E-state index is 15.1. The van der Waals surface area contributed by atoms with Crippen molar-refractivity contribution >= 4 is 0 Å². The zero-order valence-electron chi connectivity index (χ0n) is 22.1. The van der Waals surface area contributed by atoms with E-state index in [1.807, 2.05) is 18.2 Å². The molecule has 2 saturated carbocycles. The van der Waals surface area contributed by atoms with Crippen LogP contribution in [0.1, 0.15) is 119 Å². The molecule has 0 bridgehead atoms. The Balaban J connectivity index is 1.26. The van der Waals surface area contributed by atoms with E-state index in [1.165, 1.54) is 32.8 Å². The van der Waals surface area contributed by atoms with E-state index in [-0.39, 0.29) is 17.5 Å². The molecule has 0 heterocycles. The molecule has 0 atom stereocenters. The Morgan fingerprint density at radius 3 is 2.06 bits per heavy atom. The molecule has 0 spiro atoms. The van der Waals surface area contributed by atoms with Gasteiger partial charge in [-0.1, -0.05) is 50.8 Å². The van der Waals surface area contributed by atoms with Crippen molar-refractivity contribution in [2.24, 2.45) is 11.8 Å². The first kappa shape index (κ1) is 27.1. The molecule has 0 N–H and O–H groups in total. The van der Waals surface area contributed by atoms with Gasteiger partial charge >= 0.3 is 0 Å². The van der Waals surface area contributed by atoms with Gasteiger partial charge in [-0.15, -0.1) is 0 Å². The van der Waals surface area contributed by atoms with E-state index >= 15 is 8.78 Å². The smallest absolute Gasteiger partial charge is 0.165 e. The lowest BCUT2D eigenvalue weighted by Crippen LogP contribution is -2.16. The zero-order chi connectivity index (χ0) is 25.5. The van der Waals surface area contributed by atoms with Crippen molar-refractivity contribution in [2.75, 3.05) is 7.11 Å². The standard InChI is InChI=1S/C32H43F3O/c1-3-4-5-6-22-9-14-25(15-10-22)28-19-17-26(31(34)32(28)35)16-11-23-7-12-24(13-8-23)27-18-20-30(36-2)29(33)21-27/h17-25H,3-16H2,1-2H3. The third-order valence-electron chi connectivity index (χ3n) is 9.01. The predicted molar refractivity (Wildman–Crippen MR) is 141 cm³/mol. The lowest BCUT2D eigenvalue weighted by molar-refractivity contribution is 0.297. The van der Waals surface area contributed by atoms with Gasteiger partial charge in [0.1, 0.15) is 0 Å². The van der Waals surface area contributed by atoms with Gasteiger partial charge in [0.2, 0.25) is 0 Å². The summed E-state index contributed by atoms with van der Waals surface area (Å²) in [7, 11) is 1.48. The SMILES string of the molecule is CCCCCC1CCC(c2ccc(CCC3CCC(c4ccc(OC)c(F)c4)CC3)c(F)c2F)CC1. The first-order valence-corrected chi connectivity index (χ1v) is 14.3. The molecule has 0 saturated heterocycles. The van der Waals surface area contributed by atoms with E-state index in [9.17, 15) is 4.39 Å². The first-order valence-electron chi connectivity index (χ1n) is 14.3. The fraction of sp³-hybridized carbons (Fsp3) is 0.625. The van der Waals surface area contributed by atoms with Crippen LogP contribution >= 0.6 is 0 Å². The lowest BCUT2D eigenvalue weighted by atomic mass is 9.76. The molecular weight excluding hydrogens is 457 g/mol. The average molecular weight is 501 g/mol. The number of halogens is 3. The Morgan fingerprint density at radius 2 is 1.42 bits per heavy atom. The molecule has 4 heteroatoms. The van der Waals surface area contributed by atoms with Crippen LogP contribution in [0.4, 0.5) is 13.2 Å². The molecule has 2 aromatic rings. The molecule has 2 aliphatic rings. The van der Waals surface area contributed by atoms with Crippen molar-refractivity contribution < 1.29 is 17.9 Å². The van der Waals surface area contributed by atoms with Crippen molar-refractivity contribution in [3.8, 4) is 5.75 Å². The number of rotatable bonds is 10. The molecule has 0 radical (unpaired) electrons. The molecule has 0 aromatic heterocycles. The van der Waals surface area contributed by atoms with Crippen LogP contribution in [0.2, 0.25) is 0 Å². The zero-order valence-corrected chi connectivity index (χ0v) is 22.1. The summed E-state index contributed by atoms with van der Waals surface area (Å²) in [4.78, 5) is 0. The summed E-state index contributed by atoms with van der Waals surface area (Å²) in [6.07, 6.45) is 14.9. The maximum Gasteiger partial charge on any atom is 0.165 e. The van der Waals surface area contributed by atoms with Gasteiger partial charge in [0, 0.05) is 0 Å². The van der Waals surface area contributed by atoms with Crippen LogP contribution in [0.15, 0.2) is 30.3 Å².